The third-order valence-corrected chi connectivity index (χ3v) is 5.33. The summed E-state index contributed by atoms with van der Waals surface area (Å²) in [5.74, 6) is -2.70. The predicted octanol–water partition coefficient (Wildman–Crippen LogP) is 2.67. The van der Waals surface area contributed by atoms with Crippen LogP contribution in [0.25, 0.3) is 0 Å². The molecule has 0 radical (unpaired) electrons. The largest absolute Gasteiger partial charge is 0.495 e. The molecule has 1 fully saturated rings. The number of nitrogens with one attached hydrogen (secondary N) is 2. The lowest BCUT2D eigenvalue weighted by atomic mass is 10.2. The first-order valence-electron chi connectivity index (χ1n) is 7.77. The first-order chi connectivity index (χ1) is 12.3. The number of sulfonamides is 1. The van der Waals surface area contributed by atoms with E-state index in [9.17, 15) is 22.0 Å². The maximum atomic E-state index is 13.2. The lowest BCUT2D eigenvalue weighted by Crippen LogP contribution is -2.26. The molecular formula is C17H16F2N2O4S. The van der Waals surface area contributed by atoms with Gasteiger partial charge in [-0.1, -0.05) is 0 Å². The lowest BCUT2D eigenvalue weighted by Gasteiger charge is -2.12. The van der Waals surface area contributed by atoms with Crippen molar-refractivity contribution in [3.8, 4) is 5.75 Å². The Bertz CT molecular complexity index is 959. The quantitative estimate of drug-likeness (QED) is 0.805. The number of rotatable bonds is 6. The summed E-state index contributed by atoms with van der Waals surface area (Å²) in [6.45, 7) is 0. The van der Waals surface area contributed by atoms with Crippen molar-refractivity contribution in [2.24, 2.45) is 0 Å². The van der Waals surface area contributed by atoms with Crippen molar-refractivity contribution in [3.63, 3.8) is 0 Å². The van der Waals surface area contributed by atoms with Crippen LogP contribution in [0.2, 0.25) is 0 Å². The van der Waals surface area contributed by atoms with E-state index in [1.54, 1.807) is 0 Å². The monoisotopic (exact) mass is 382 g/mol. The van der Waals surface area contributed by atoms with E-state index in [4.69, 9.17) is 4.74 Å². The van der Waals surface area contributed by atoms with Gasteiger partial charge in [0, 0.05) is 23.4 Å². The molecule has 26 heavy (non-hydrogen) atoms. The number of carbonyl (C=O) groups is 1. The van der Waals surface area contributed by atoms with E-state index in [1.165, 1.54) is 31.4 Å². The molecule has 0 spiro atoms. The smallest absolute Gasteiger partial charge is 0.255 e. The highest BCUT2D eigenvalue weighted by Gasteiger charge is 2.30. The second-order valence-electron chi connectivity index (χ2n) is 5.84. The normalized spacial score (nSPS) is 14.1. The number of carbonyl (C=O) groups excluding carboxylic acids is 1. The highest BCUT2D eigenvalue weighted by atomic mass is 32.2. The number of methoxy groups -OCH3 is 1. The highest BCUT2D eigenvalue weighted by molar-refractivity contribution is 7.89. The van der Waals surface area contributed by atoms with Crippen LogP contribution in [-0.4, -0.2) is 27.5 Å². The van der Waals surface area contributed by atoms with Crippen LogP contribution in [0, 0.1) is 11.6 Å². The summed E-state index contributed by atoms with van der Waals surface area (Å²) in [6, 6.07) is 6.73. The molecular weight excluding hydrogens is 366 g/mol. The van der Waals surface area contributed by atoms with Crippen molar-refractivity contribution >= 4 is 21.6 Å². The maximum Gasteiger partial charge on any atom is 0.255 e. The van der Waals surface area contributed by atoms with Gasteiger partial charge in [0.25, 0.3) is 5.91 Å². The molecule has 2 aromatic carbocycles. The van der Waals surface area contributed by atoms with Crippen molar-refractivity contribution in [2.75, 3.05) is 12.4 Å². The zero-order valence-electron chi connectivity index (χ0n) is 13.8. The van der Waals surface area contributed by atoms with Gasteiger partial charge in [-0.2, -0.15) is 0 Å². The van der Waals surface area contributed by atoms with Gasteiger partial charge < -0.3 is 10.1 Å². The van der Waals surface area contributed by atoms with Gasteiger partial charge in [0.2, 0.25) is 10.0 Å². The molecule has 0 unspecified atom stereocenters. The third-order valence-electron chi connectivity index (χ3n) is 3.79. The fourth-order valence-corrected chi connectivity index (χ4v) is 3.79. The molecule has 0 saturated heterocycles. The van der Waals surface area contributed by atoms with Crippen LogP contribution in [0.3, 0.4) is 0 Å². The first-order valence-corrected chi connectivity index (χ1v) is 9.25. The Balaban J connectivity index is 1.88. The minimum atomic E-state index is -3.85. The van der Waals surface area contributed by atoms with E-state index in [1.807, 2.05) is 0 Å². The van der Waals surface area contributed by atoms with E-state index in [-0.39, 0.29) is 27.9 Å². The summed E-state index contributed by atoms with van der Waals surface area (Å²) in [7, 11) is -2.52. The van der Waals surface area contributed by atoms with Crippen molar-refractivity contribution in [1.29, 1.82) is 0 Å². The maximum absolute atomic E-state index is 13.2. The number of hydrogen-bond donors (Lipinski definition) is 2. The van der Waals surface area contributed by atoms with Gasteiger partial charge in [-0.3, -0.25) is 4.79 Å². The molecule has 0 atom stereocenters. The molecule has 1 saturated carbocycles. The molecule has 2 aromatic rings. The molecule has 9 heteroatoms. The van der Waals surface area contributed by atoms with Gasteiger partial charge in [-0.25, -0.2) is 21.9 Å². The van der Waals surface area contributed by atoms with Crippen LogP contribution in [0.5, 0.6) is 5.75 Å². The van der Waals surface area contributed by atoms with Crippen LogP contribution >= 0.6 is 0 Å². The summed E-state index contributed by atoms with van der Waals surface area (Å²) in [5, 5.41) is 2.39. The molecule has 0 heterocycles. The number of halogens is 2. The summed E-state index contributed by atoms with van der Waals surface area (Å²) in [4.78, 5) is 12.2. The fraction of sp³-hybridized carbons (Fsp3) is 0.235. The molecule has 1 amide bonds. The number of amides is 1. The Hall–Kier alpha value is -2.52. The van der Waals surface area contributed by atoms with Crippen molar-refractivity contribution < 1.29 is 26.7 Å². The third kappa shape index (κ3) is 4.00. The van der Waals surface area contributed by atoms with Crippen LogP contribution in [0.1, 0.15) is 23.2 Å². The Morgan fingerprint density at radius 1 is 1.12 bits per heavy atom. The average molecular weight is 382 g/mol. The lowest BCUT2D eigenvalue weighted by molar-refractivity contribution is 0.102. The predicted molar refractivity (Wildman–Crippen MR) is 90.6 cm³/mol. The fourth-order valence-electron chi connectivity index (χ4n) is 2.29. The second kappa shape index (κ2) is 7.00. The van der Waals surface area contributed by atoms with Crippen molar-refractivity contribution in [2.45, 2.75) is 23.8 Å². The Morgan fingerprint density at radius 2 is 1.85 bits per heavy atom. The Morgan fingerprint density at radius 3 is 2.46 bits per heavy atom. The highest BCUT2D eigenvalue weighted by Crippen LogP contribution is 2.28. The van der Waals surface area contributed by atoms with Gasteiger partial charge in [0.15, 0.2) is 11.6 Å². The van der Waals surface area contributed by atoms with Crippen LogP contribution in [-0.2, 0) is 10.0 Å². The molecule has 0 bridgehead atoms. The molecule has 0 aromatic heterocycles. The standard InChI is InChI=1S/C17H16F2N2O4S/c1-25-15-7-2-10(8-16(15)26(23,24)21-11-3-4-11)17(22)20-12-5-6-13(18)14(19)9-12/h2,5-9,11,21H,3-4H2,1H3,(H,20,22). The van der Waals surface area contributed by atoms with E-state index in [2.05, 4.69) is 10.0 Å². The first kappa shape index (κ1) is 18.3. The van der Waals surface area contributed by atoms with Crippen molar-refractivity contribution in [1.82, 2.24) is 4.72 Å². The van der Waals surface area contributed by atoms with Gasteiger partial charge in [-0.15, -0.1) is 0 Å². The van der Waals surface area contributed by atoms with Gasteiger partial charge in [0.1, 0.15) is 10.6 Å². The van der Waals surface area contributed by atoms with Crippen LogP contribution in [0.4, 0.5) is 14.5 Å². The van der Waals surface area contributed by atoms with Crippen LogP contribution in [0.15, 0.2) is 41.3 Å². The van der Waals surface area contributed by atoms with Crippen LogP contribution < -0.4 is 14.8 Å². The molecule has 6 nitrogen and oxygen atoms in total. The minimum absolute atomic E-state index is 0.0340. The van der Waals surface area contributed by atoms with E-state index >= 15 is 0 Å². The number of benzene rings is 2. The summed E-state index contributed by atoms with van der Waals surface area (Å²) in [6.07, 6.45) is 1.52. The second-order valence-corrected chi connectivity index (χ2v) is 7.53. The van der Waals surface area contributed by atoms with E-state index in [0.29, 0.717) is 0 Å². The molecule has 3 rings (SSSR count). The van der Waals surface area contributed by atoms with Crippen molar-refractivity contribution in [3.05, 3.63) is 53.6 Å². The average Bonchev–Trinajstić information content (AvgIpc) is 3.40. The zero-order chi connectivity index (χ0) is 18.9. The number of ether oxygens (including phenoxy) is 1. The molecule has 2 N–H and O–H groups in total. The molecule has 1 aliphatic carbocycles. The molecule has 0 aliphatic heterocycles. The Kier molecular flexibility index (Phi) is 4.92. The molecule has 1 aliphatic rings. The SMILES string of the molecule is COc1ccc(C(=O)Nc2ccc(F)c(F)c2)cc1S(=O)(=O)NC1CC1. The number of anilines is 1. The van der Waals surface area contributed by atoms with E-state index in [0.717, 1.165) is 25.0 Å². The summed E-state index contributed by atoms with van der Waals surface area (Å²) >= 11 is 0. The Labute approximate surface area is 149 Å². The zero-order valence-corrected chi connectivity index (χ0v) is 14.6. The topological polar surface area (TPSA) is 84.5 Å². The van der Waals surface area contributed by atoms with Gasteiger partial charge in [0.05, 0.1) is 7.11 Å². The summed E-state index contributed by atoms with van der Waals surface area (Å²) < 4.78 is 58.7. The molecule has 138 valence electrons. The summed E-state index contributed by atoms with van der Waals surface area (Å²) in [5.41, 5.74) is 0.0805. The van der Waals surface area contributed by atoms with Gasteiger partial charge >= 0.3 is 0 Å². The number of hydrogen-bond acceptors (Lipinski definition) is 4. The minimum Gasteiger partial charge on any atom is -0.495 e. The van der Waals surface area contributed by atoms with E-state index < -0.39 is 27.6 Å². The van der Waals surface area contributed by atoms with Gasteiger partial charge in [-0.05, 0) is 43.2 Å².